The van der Waals surface area contributed by atoms with E-state index in [0.29, 0.717) is 46.4 Å². The molecule has 13 heteroatoms. The third-order valence-electron chi connectivity index (χ3n) is 8.31. The number of aromatic nitrogens is 2. The topological polar surface area (TPSA) is 116 Å². The number of hydrogen-bond acceptors (Lipinski definition) is 9. The van der Waals surface area contributed by atoms with Crippen molar-refractivity contribution >= 4 is 44.8 Å². The van der Waals surface area contributed by atoms with Crippen LogP contribution < -0.4 is 9.64 Å². The van der Waals surface area contributed by atoms with E-state index in [9.17, 15) is 13.2 Å². The fourth-order valence-corrected chi connectivity index (χ4v) is 7.11. The van der Waals surface area contributed by atoms with Crippen molar-refractivity contribution in [3.05, 3.63) is 64.3 Å². The maximum absolute atomic E-state index is 11.6. The second kappa shape index (κ2) is 15.1. The molecule has 45 heavy (non-hydrogen) atoms. The molecule has 1 aromatic carbocycles. The Kier molecular flexibility index (Phi) is 11.2. The van der Waals surface area contributed by atoms with E-state index < -0.39 is 15.8 Å². The molecule has 0 unspecified atom stereocenters. The van der Waals surface area contributed by atoms with Gasteiger partial charge in [-0.3, -0.25) is 14.6 Å². The Morgan fingerprint density at radius 2 is 1.69 bits per heavy atom. The molecule has 0 bridgehead atoms. The summed E-state index contributed by atoms with van der Waals surface area (Å²) < 4.78 is 29.4. The van der Waals surface area contributed by atoms with Crippen LogP contribution in [0.2, 0.25) is 10.0 Å². The van der Waals surface area contributed by atoms with Gasteiger partial charge in [0, 0.05) is 67.2 Å². The van der Waals surface area contributed by atoms with Crippen LogP contribution in [0.15, 0.2) is 48.7 Å². The lowest BCUT2D eigenvalue weighted by Crippen LogP contribution is -2.47. The predicted octanol–water partition coefficient (Wildman–Crippen LogP) is 5.49. The first-order chi connectivity index (χ1) is 21.5. The summed E-state index contributed by atoms with van der Waals surface area (Å²) >= 11 is 12.6. The van der Waals surface area contributed by atoms with Crippen LogP contribution in [0.3, 0.4) is 0 Å². The van der Waals surface area contributed by atoms with Crippen molar-refractivity contribution < 1.29 is 23.1 Å². The second-order valence-electron chi connectivity index (χ2n) is 11.9. The predicted molar refractivity (Wildman–Crippen MR) is 177 cm³/mol. The van der Waals surface area contributed by atoms with Crippen LogP contribution in [0.25, 0.3) is 11.3 Å². The normalized spacial score (nSPS) is 17.0. The summed E-state index contributed by atoms with van der Waals surface area (Å²) in [7, 11) is -2.95. The van der Waals surface area contributed by atoms with E-state index in [1.165, 1.54) is 6.26 Å². The number of carbonyl (C=O) groups is 1. The maximum atomic E-state index is 11.6. The molecule has 0 aliphatic carbocycles. The number of anilines is 1. The summed E-state index contributed by atoms with van der Waals surface area (Å²) in [4.78, 5) is 27.0. The first kappa shape index (κ1) is 33.4. The number of benzene rings is 1. The van der Waals surface area contributed by atoms with Crippen LogP contribution in [-0.4, -0.2) is 97.1 Å². The third-order valence-corrected chi connectivity index (χ3v) is 9.73. The number of halogens is 2. The first-order valence-corrected chi connectivity index (χ1v) is 18.0. The number of ether oxygens (including phenoxy) is 1. The number of hydrogen-bond donors (Lipinski definition) is 1. The average molecular weight is 677 g/mol. The second-order valence-corrected chi connectivity index (χ2v) is 15.1. The quantitative estimate of drug-likeness (QED) is 0.264. The number of pyridine rings is 2. The molecule has 5 rings (SSSR count). The molecule has 2 aromatic heterocycles. The van der Waals surface area contributed by atoms with Crippen LogP contribution in [0.5, 0.6) is 11.6 Å². The minimum absolute atomic E-state index is 0.150. The lowest BCUT2D eigenvalue weighted by atomic mass is 9.94. The van der Waals surface area contributed by atoms with Gasteiger partial charge in [-0.05, 0) is 80.2 Å². The molecular formula is C32H39Cl2N5O5S. The molecule has 10 nitrogen and oxygen atoms in total. The molecule has 0 saturated carbocycles. The molecule has 3 aromatic rings. The Morgan fingerprint density at radius 1 is 0.978 bits per heavy atom. The van der Waals surface area contributed by atoms with E-state index in [1.54, 1.807) is 12.3 Å². The zero-order valence-corrected chi connectivity index (χ0v) is 27.7. The number of rotatable bonds is 12. The minimum Gasteiger partial charge on any atom is -0.481 e. The first-order valence-electron chi connectivity index (χ1n) is 15.2. The van der Waals surface area contributed by atoms with Gasteiger partial charge in [0.1, 0.15) is 21.4 Å². The Balaban J connectivity index is 1.27. The monoisotopic (exact) mass is 675 g/mol. The van der Waals surface area contributed by atoms with Crippen molar-refractivity contribution in [2.24, 2.45) is 5.92 Å². The highest BCUT2D eigenvalue weighted by molar-refractivity contribution is 7.90. The molecule has 2 fully saturated rings. The fraction of sp³-hybridized carbons (Fsp3) is 0.469. The Morgan fingerprint density at radius 3 is 2.31 bits per heavy atom. The Hall–Kier alpha value is -2.96. The van der Waals surface area contributed by atoms with Crippen LogP contribution in [0, 0.1) is 5.92 Å². The standard InChI is InChI=1S/C32H39Cl2N5O5S/c1-45(42,43)15-7-23-4-8-38(9-5-23)22-24-16-29(25-18-26(33)20-27(34)19-25)36-31(17-24)44-28-2-3-30(35-21-28)39-13-11-37(12-14-39)10-6-32(40)41/h2-3,16-21,23H,4-15,22H2,1H3,(H,40,41). The fourth-order valence-electron chi connectivity index (χ4n) is 5.82. The molecular weight excluding hydrogens is 637 g/mol. The smallest absolute Gasteiger partial charge is 0.304 e. The van der Waals surface area contributed by atoms with Crippen LogP contribution in [0.4, 0.5) is 5.82 Å². The van der Waals surface area contributed by atoms with Crippen molar-refractivity contribution in [3.63, 3.8) is 0 Å². The lowest BCUT2D eigenvalue weighted by molar-refractivity contribution is -0.137. The van der Waals surface area contributed by atoms with Gasteiger partial charge in [0.05, 0.1) is 24.1 Å². The highest BCUT2D eigenvalue weighted by Gasteiger charge is 2.22. The number of aliphatic carboxylic acids is 1. The lowest BCUT2D eigenvalue weighted by Gasteiger charge is -2.35. The van der Waals surface area contributed by atoms with Gasteiger partial charge in [0.15, 0.2) is 0 Å². The molecule has 0 amide bonds. The molecule has 2 saturated heterocycles. The summed E-state index contributed by atoms with van der Waals surface area (Å²) in [6, 6.07) is 13.1. The number of carboxylic acid groups (broad SMARTS) is 1. The average Bonchev–Trinajstić information content (AvgIpc) is 2.99. The van der Waals surface area contributed by atoms with Gasteiger partial charge in [-0.25, -0.2) is 18.4 Å². The highest BCUT2D eigenvalue weighted by Crippen LogP contribution is 2.31. The third kappa shape index (κ3) is 10.3. The number of piperazine rings is 1. The van der Waals surface area contributed by atoms with Crippen molar-refractivity contribution in [2.75, 3.05) is 62.7 Å². The number of sulfone groups is 1. The van der Waals surface area contributed by atoms with E-state index in [1.807, 2.05) is 36.4 Å². The van der Waals surface area contributed by atoms with Crippen LogP contribution in [-0.2, 0) is 21.2 Å². The molecule has 2 aliphatic rings. The van der Waals surface area contributed by atoms with Gasteiger partial charge in [0.25, 0.3) is 0 Å². The van der Waals surface area contributed by atoms with E-state index in [-0.39, 0.29) is 12.2 Å². The summed E-state index contributed by atoms with van der Waals surface area (Å²) in [5, 5.41) is 9.98. The zero-order valence-electron chi connectivity index (χ0n) is 25.4. The van der Waals surface area contributed by atoms with Crippen molar-refractivity contribution in [1.29, 1.82) is 0 Å². The molecule has 242 valence electrons. The zero-order chi connectivity index (χ0) is 32.0. The van der Waals surface area contributed by atoms with Crippen molar-refractivity contribution in [1.82, 2.24) is 19.8 Å². The van der Waals surface area contributed by atoms with Gasteiger partial charge in [0.2, 0.25) is 5.88 Å². The number of nitrogens with zero attached hydrogens (tertiary/aromatic N) is 5. The van der Waals surface area contributed by atoms with Gasteiger partial charge < -0.3 is 14.7 Å². The van der Waals surface area contributed by atoms with Gasteiger partial charge in [-0.2, -0.15) is 0 Å². The van der Waals surface area contributed by atoms with Crippen LogP contribution >= 0.6 is 23.2 Å². The summed E-state index contributed by atoms with van der Waals surface area (Å²) in [6.45, 7) is 6.18. The van der Waals surface area contributed by atoms with Crippen LogP contribution in [0.1, 0.15) is 31.2 Å². The van der Waals surface area contributed by atoms with Crippen molar-refractivity contribution in [2.45, 2.75) is 32.2 Å². The summed E-state index contributed by atoms with van der Waals surface area (Å²) in [6.07, 6.45) is 5.80. The number of piperidine rings is 1. The Bertz CT molecular complexity index is 1560. The molecule has 0 spiro atoms. The Labute approximate surface area is 274 Å². The van der Waals surface area contributed by atoms with Gasteiger partial charge in [-0.1, -0.05) is 23.2 Å². The van der Waals surface area contributed by atoms with E-state index in [4.69, 9.17) is 38.0 Å². The molecule has 1 N–H and O–H groups in total. The maximum Gasteiger partial charge on any atom is 0.304 e. The number of carboxylic acids is 1. The number of likely N-dealkylation sites (tertiary alicyclic amines) is 1. The SMILES string of the molecule is CS(=O)(=O)CCC1CCN(Cc2cc(Oc3ccc(N4CCN(CCC(=O)O)CC4)nc3)nc(-c3cc(Cl)cc(Cl)c3)c2)CC1. The molecule has 0 atom stereocenters. The van der Waals surface area contributed by atoms with E-state index in [2.05, 4.69) is 19.7 Å². The molecule has 2 aliphatic heterocycles. The molecule has 4 heterocycles. The van der Waals surface area contributed by atoms with E-state index >= 15 is 0 Å². The van der Waals surface area contributed by atoms with Crippen molar-refractivity contribution in [3.8, 4) is 22.9 Å². The summed E-state index contributed by atoms with van der Waals surface area (Å²) in [5.74, 6) is 1.73. The largest absolute Gasteiger partial charge is 0.481 e. The minimum atomic E-state index is -2.95. The van der Waals surface area contributed by atoms with Gasteiger partial charge >= 0.3 is 5.97 Å². The summed E-state index contributed by atoms with van der Waals surface area (Å²) in [5.41, 5.74) is 2.51. The van der Waals surface area contributed by atoms with E-state index in [0.717, 1.165) is 75.5 Å². The highest BCUT2D eigenvalue weighted by atomic mass is 35.5. The van der Waals surface area contributed by atoms with Gasteiger partial charge in [-0.15, -0.1) is 0 Å². The molecule has 0 radical (unpaired) electrons.